The lowest BCUT2D eigenvalue weighted by atomic mass is 9.88. The first-order valence-corrected chi connectivity index (χ1v) is 11.1. The molecule has 1 fully saturated rings. The standard InChI is InChI=1S/C27H29NO5/c1-33-26(31)17-15-21-6-5-9-24(18-21)28(27(32)23-7-3-2-4-8-23)19-22-12-10-20(11-13-22)14-16-25(29)30/h5-6,9-18,23H,2-4,7-8,19H2,1H3,(H,29,30)/b16-14+,17-15+. The molecule has 0 saturated heterocycles. The minimum atomic E-state index is -0.996. The van der Waals surface area contributed by atoms with Gasteiger partial charge in [-0.05, 0) is 53.8 Å². The van der Waals surface area contributed by atoms with Gasteiger partial charge < -0.3 is 14.7 Å². The highest BCUT2D eigenvalue weighted by Gasteiger charge is 2.27. The predicted molar refractivity (Wildman–Crippen MR) is 128 cm³/mol. The summed E-state index contributed by atoms with van der Waals surface area (Å²) in [5.41, 5.74) is 3.30. The molecule has 0 aromatic heterocycles. The molecule has 0 aliphatic heterocycles. The Morgan fingerprint density at radius 1 is 0.970 bits per heavy atom. The minimum Gasteiger partial charge on any atom is -0.478 e. The van der Waals surface area contributed by atoms with Crippen LogP contribution < -0.4 is 4.90 Å². The summed E-state index contributed by atoms with van der Waals surface area (Å²) in [6.07, 6.45) is 10.8. The van der Waals surface area contributed by atoms with Crippen LogP contribution in [0.2, 0.25) is 0 Å². The third-order valence-corrected chi connectivity index (χ3v) is 5.75. The lowest BCUT2D eigenvalue weighted by Crippen LogP contribution is -2.36. The number of hydrogen-bond donors (Lipinski definition) is 1. The van der Waals surface area contributed by atoms with Gasteiger partial charge in [-0.1, -0.05) is 55.7 Å². The van der Waals surface area contributed by atoms with Crippen LogP contribution in [0, 0.1) is 5.92 Å². The Balaban J connectivity index is 1.87. The fourth-order valence-electron chi connectivity index (χ4n) is 3.98. The Morgan fingerprint density at radius 3 is 2.33 bits per heavy atom. The number of ether oxygens (including phenoxy) is 1. The Bertz CT molecular complexity index is 1030. The molecular weight excluding hydrogens is 418 g/mol. The van der Waals surface area contributed by atoms with Crippen LogP contribution in [0.3, 0.4) is 0 Å². The van der Waals surface area contributed by atoms with E-state index in [0.717, 1.165) is 54.1 Å². The first-order valence-electron chi connectivity index (χ1n) is 11.1. The van der Waals surface area contributed by atoms with Gasteiger partial charge in [0.1, 0.15) is 0 Å². The zero-order chi connectivity index (χ0) is 23.6. The van der Waals surface area contributed by atoms with Crippen molar-refractivity contribution in [3.05, 3.63) is 77.4 Å². The molecule has 6 nitrogen and oxygen atoms in total. The molecule has 1 aliphatic carbocycles. The Labute approximate surface area is 194 Å². The number of methoxy groups -OCH3 is 1. The maximum absolute atomic E-state index is 13.5. The molecule has 1 aliphatic rings. The third-order valence-electron chi connectivity index (χ3n) is 5.75. The molecule has 33 heavy (non-hydrogen) atoms. The molecule has 6 heteroatoms. The van der Waals surface area contributed by atoms with E-state index in [2.05, 4.69) is 4.74 Å². The van der Waals surface area contributed by atoms with Crippen molar-refractivity contribution in [1.29, 1.82) is 0 Å². The molecule has 1 N–H and O–H groups in total. The van der Waals surface area contributed by atoms with Crippen molar-refractivity contribution >= 4 is 35.7 Å². The van der Waals surface area contributed by atoms with E-state index >= 15 is 0 Å². The summed E-state index contributed by atoms with van der Waals surface area (Å²) in [5.74, 6) is -1.32. The van der Waals surface area contributed by atoms with Crippen LogP contribution in [0.1, 0.15) is 48.8 Å². The van der Waals surface area contributed by atoms with Gasteiger partial charge in [-0.2, -0.15) is 0 Å². The predicted octanol–water partition coefficient (Wildman–Crippen LogP) is 5.08. The highest BCUT2D eigenvalue weighted by Crippen LogP contribution is 2.29. The topological polar surface area (TPSA) is 83.9 Å². The fourth-order valence-corrected chi connectivity index (χ4v) is 3.98. The number of nitrogens with zero attached hydrogens (tertiary/aromatic N) is 1. The number of aliphatic carboxylic acids is 1. The van der Waals surface area contributed by atoms with Crippen LogP contribution in [-0.4, -0.2) is 30.1 Å². The van der Waals surface area contributed by atoms with Crippen LogP contribution in [0.25, 0.3) is 12.2 Å². The first kappa shape index (κ1) is 24.0. The lowest BCUT2D eigenvalue weighted by molar-refractivity contribution is -0.135. The zero-order valence-electron chi connectivity index (χ0n) is 18.8. The van der Waals surface area contributed by atoms with Gasteiger partial charge in [0, 0.05) is 23.8 Å². The van der Waals surface area contributed by atoms with Crippen molar-refractivity contribution < 1.29 is 24.2 Å². The Morgan fingerprint density at radius 2 is 1.67 bits per heavy atom. The van der Waals surface area contributed by atoms with Crippen molar-refractivity contribution in [3.8, 4) is 0 Å². The number of carbonyl (C=O) groups is 3. The largest absolute Gasteiger partial charge is 0.478 e. The number of hydrogen-bond acceptors (Lipinski definition) is 4. The molecule has 0 bridgehead atoms. The van der Waals surface area contributed by atoms with Crippen LogP contribution in [0.4, 0.5) is 5.69 Å². The number of amides is 1. The zero-order valence-corrected chi connectivity index (χ0v) is 18.8. The molecule has 0 unspecified atom stereocenters. The van der Waals surface area contributed by atoms with Crippen molar-refractivity contribution in [2.45, 2.75) is 38.6 Å². The molecule has 172 valence electrons. The summed E-state index contributed by atoms with van der Waals surface area (Å²) in [7, 11) is 1.33. The number of carboxylic acids is 1. The van der Waals surface area contributed by atoms with E-state index in [1.165, 1.54) is 25.7 Å². The quantitative estimate of drug-likeness (QED) is 0.450. The Hall–Kier alpha value is -3.67. The number of carbonyl (C=O) groups excluding carboxylic acids is 2. The lowest BCUT2D eigenvalue weighted by Gasteiger charge is -2.30. The van der Waals surface area contributed by atoms with Gasteiger partial charge in [0.25, 0.3) is 0 Å². The number of rotatable bonds is 8. The van der Waals surface area contributed by atoms with Crippen molar-refractivity contribution in [1.82, 2.24) is 0 Å². The van der Waals surface area contributed by atoms with E-state index in [1.54, 1.807) is 6.08 Å². The molecule has 0 atom stereocenters. The van der Waals surface area contributed by atoms with Gasteiger partial charge >= 0.3 is 11.9 Å². The maximum atomic E-state index is 13.5. The molecule has 0 heterocycles. The summed E-state index contributed by atoms with van der Waals surface area (Å²) in [4.78, 5) is 37.5. The van der Waals surface area contributed by atoms with E-state index in [-0.39, 0.29) is 11.8 Å². The highest BCUT2D eigenvalue weighted by atomic mass is 16.5. The number of anilines is 1. The second kappa shape index (κ2) is 11.8. The van der Waals surface area contributed by atoms with Crippen LogP contribution in [-0.2, 0) is 25.7 Å². The molecule has 0 radical (unpaired) electrons. The van der Waals surface area contributed by atoms with Crippen LogP contribution >= 0.6 is 0 Å². The van der Waals surface area contributed by atoms with Crippen molar-refractivity contribution in [2.75, 3.05) is 12.0 Å². The van der Waals surface area contributed by atoms with Gasteiger partial charge in [0.05, 0.1) is 13.7 Å². The van der Waals surface area contributed by atoms with E-state index in [4.69, 9.17) is 5.11 Å². The van der Waals surface area contributed by atoms with Gasteiger partial charge in [0.2, 0.25) is 5.91 Å². The third kappa shape index (κ3) is 7.17. The molecule has 1 saturated carbocycles. The molecule has 2 aromatic carbocycles. The summed E-state index contributed by atoms with van der Waals surface area (Å²) in [6, 6.07) is 15.0. The Kier molecular flexibility index (Phi) is 8.58. The summed E-state index contributed by atoms with van der Waals surface area (Å²) < 4.78 is 4.66. The summed E-state index contributed by atoms with van der Waals surface area (Å²) >= 11 is 0. The monoisotopic (exact) mass is 447 g/mol. The average molecular weight is 448 g/mol. The van der Waals surface area contributed by atoms with Crippen LogP contribution in [0.5, 0.6) is 0 Å². The maximum Gasteiger partial charge on any atom is 0.330 e. The van der Waals surface area contributed by atoms with Gasteiger partial charge in [-0.25, -0.2) is 9.59 Å². The van der Waals surface area contributed by atoms with Crippen molar-refractivity contribution in [3.63, 3.8) is 0 Å². The van der Waals surface area contributed by atoms with E-state index < -0.39 is 11.9 Å². The molecular formula is C27H29NO5. The normalized spacial score (nSPS) is 14.5. The molecule has 0 spiro atoms. The average Bonchev–Trinajstić information content (AvgIpc) is 2.85. The molecule has 3 rings (SSSR count). The summed E-state index contributed by atoms with van der Waals surface area (Å²) in [6.45, 7) is 0.405. The smallest absolute Gasteiger partial charge is 0.330 e. The number of benzene rings is 2. The first-order chi connectivity index (χ1) is 16.0. The molecule has 2 aromatic rings. The number of esters is 1. The van der Waals surface area contributed by atoms with E-state index in [0.29, 0.717) is 6.54 Å². The van der Waals surface area contributed by atoms with E-state index in [9.17, 15) is 14.4 Å². The second-order valence-corrected chi connectivity index (χ2v) is 8.12. The number of carboxylic acid groups (broad SMARTS) is 1. The van der Waals surface area contributed by atoms with Gasteiger partial charge in [-0.3, -0.25) is 4.79 Å². The summed E-state index contributed by atoms with van der Waals surface area (Å²) in [5, 5.41) is 8.80. The molecule has 1 amide bonds. The van der Waals surface area contributed by atoms with Gasteiger partial charge in [0.15, 0.2) is 0 Å². The van der Waals surface area contributed by atoms with Crippen molar-refractivity contribution in [2.24, 2.45) is 5.92 Å². The van der Waals surface area contributed by atoms with Gasteiger partial charge in [-0.15, -0.1) is 0 Å². The van der Waals surface area contributed by atoms with Crippen LogP contribution in [0.15, 0.2) is 60.7 Å². The SMILES string of the molecule is COC(=O)/C=C/c1cccc(N(Cc2ccc(/C=C/C(=O)O)cc2)C(=O)C2CCCCC2)c1. The van der Waals surface area contributed by atoms with E-state index in [1.807, 2.05) is 53.4 Å². The second-order valence-electron chi connectivity index (χ2n) is 8.12. The fraction of sp³-hybridized carbons (Fsp3) is 0.296. The highest BCUT2D eigenvalue weighted by molar-refractivity contribution is 5.95. The minimum absolute atomic E-state index is 0.00536.